The second kappa shape index (κ2) is 6.33. The van der Waals surface area contributed by atoms with E-state index in [4.69, 9.17) is 0 Å². The highest BCUT2D eigenvalue weighted by atomic mass is 32.1. The minimum atomic E-state index is -0.133. The van der Waals surface area contributed by atoms with Gasteiger partial charge in [0, 0.05) is 23.9 Å². The van der Waals surface area contributed by atoms with Crippen LogP contribution < -0.4 is 10.6 Å². The molecule has 0 saturated carbocycles. The van der Waals surface area contributed by atoms with Gasteiger partial charge in [0.25, 0.3) is 0 Å². The van der Waals surface area contributed by atoms with Crippen molar-refractivity contribution in [1.82, 2.24) is 10.6 Å². The maximum atomic E-state index is 11.4. The lowest BCUT2D eigenvalue weighted by atomic mass is 10.1. The van der Waals surface area contributed by atoms with E-state index in [9.17, 15) is 4.79 Å². The first kappa shape index (κ1) is 12.8. The Morgan fingerprint density at radius 2 is 2.31 bits per heavy atom. The summed E-state index contributed by atoms with van der Waals surface area (Å²) in [6.45, 7) is 8.89. The molecule has 2 N–H and O–H groups in total. The third-order valence-electron chi connectivity index (χ3n) is 2.15. The molecule has 2 amide bonds. The van der Waals surface area contributed by atoms with Crippen molar-refractivity contribution in [3.63, 3.8) is 0 Å². The van der Waals surface area contributed by atoms with Gasteiger partial charge in [-0.2, -0.15) is 0 Å². The summed E-state index contributed by atoms with van der Waals surface area (Å²) in [7, 11) is 0. The zero-order chi connectivity index (χ0) is 12.0. The Labute approximate surface area is 101 Å². The lowest BCUT2D eigenvalue weighted by molar-refractivity contribution is 0.241. The zero-order valence-electron chi connectivity index (χ0n) is 9.75. The second-order valence-electron chi connectivity index (χ2n) is 3.94. The van der Waals surface area contributed by atoms with Gasteiger partial charge in [-0.3, -0.25) is 0 Å². The maximum absolute atomic E-state index is 11.4. The first-order chi connectivity index (χ1) is 7.59. The Bertz CT molecular complexity index is 346. The summed E-state index contributed by atoms with van der Waals surface area (Å²) in [6, 6.07) is 3.98. The van der Waals surface area contributed by atoms with Crippen LogP contribution in [0, 0.1) is 0 Å². The fourth-order valence-corrected chi connectivity index (χ4v) is 2.00. The molecule has 4 heteroatoms. The number of hydrogen-bond donors (Lipinski definition) is 2. The van der Waals surface area contributed by atoms with Gasteiger partial charge in [-0.05, 0) is 18.4 Å². The summed E-state index contributed by atoms with van der Waals surface area (Å²) in [5.41, 5.74) is 0.946. The van der Waals surface area contributed by atoms with E-state index in [0.717, 1.165) is 5.57 Å². The standard InChI is InChI=1S/C12H18N2OS/c1-9(2)7-13-12(15)14-8-10(3)11-5-4-6-16-11/h4-6,10H,1,7-8H2,2-3H3,(H2,13,14,15). The molecule has 1 aromatic rings. The van der Waals surface area contributed by atoms with E-state index in [1.807, 2.05) is 18.4 Å². The normalized spacial score (nSPS) is 11.9. The molecule has 1 aromatic heterocycles. The Hall–Kier alpha value is -1.29. The van der Waals surface area contributed by atoms with Crippen LogP contribution >= 0.6 is 11.3 Å². The lowest BCUT2D eigenvalue weighted by Gasteiger charge is -2.11. The topological polar surface area (TPSA) is 41.1 Å². The van der Waals surface area contributed by atoms with Gasteiger partial charge in [-0.1, -0.05) is 25.1 Å². The van der Waals surface area contributed by atoms with Crippen molar-refractivity contribution >= 4 is 17.4 Å². The van der Waals surface area contributed by atoms with E-state index in [0.29, 0.717) is 19.0 Å². The SMILES string of the molecule is C=C(C)CNC(=O)NCC(C)c1cccs1. The highest BCUT2D eigenvalue weighted by molar-refractivity contribution is 7.10. The number of nitrogens with one attached hydrogen (secondary N) is 2. The van der Waals surface area contributed by atoms with Crippen LogP contribution in [0.2, 0.25) is 0 Å². The molecule has 0 aromatic carbocycles. The van der Waals surface area contributed by atoms with Crippen molar-refractivity contribution in [2.45, 2.75) is 19.8 Å². The molecule has 0 radical (unpaired) electrons. The highest BCUT2D eigenvalue weighted by Gasteiger charge is 2.07. The van der Waals surface area contributed by atoms with Crippen molar-refractivity contribution in [2.75, 3.05) is 13.1 Å². The second-order valence-corrected chi connectivity index (χ2v) is 4.92. The van der Waals surface area contributed by atoms with E-state index in [1.54, 1.807) is 11.3 Å². The summed E-state index contributed by atoms with van der Waals surface area (Å²) in [6.07, 6.45) is 0. The molecule has 1 heterocycles. The predicted octanol–water partition coefficient (Wildman–Crippen LogP) is 2.73. The Morgan fingerprint density at radius 3 is 2.88 bits per heavy atom. The van der Waals surface area contributed by atoms with Crippen molar-refractivity contribution < 1.29 is 4.79 Å². The Kier molecular flexibility index (Phi) is 5.05. The average molecular weight is 238 g/mol. The summed E-state index contributed by atoms with van der Waals surface area (Å²) in [5.74, 6) is 0.357. The number of rotatable bonds is 5. The summed E-state index contributed by atoms with van der Waals surface area (Å²) < 4.78 is 0. The first-order valence-corrected chi connectivity index (χ1v) is 6.17. The van der Waals surface area contributed by atoms with E-state index < -0.39 is 0 Å². The van der Waals surface area contributed by atoms with Crippen LogP contribution in [0.4, 0.5) is 4.79 Å². The summed E-state index contributed by atoms with van der Waals surface area (Å²) >= 11 is 1.72. The van der Waals surface area contributed by atoms with E-state index in [2.05, 4.69) is 30.2 Å². The third kappa shape index (κ3) is 4.49. The monoisotopic (exact) mass is 238 g/mol. The fraction of sp³-hybridized carbons (Fsp3) is 0.417. The molecule has 0 bridgehead atoms. The number of thiophene rings is 1. The highest BCUT2D eigenvalue weighted by Crippen LogP contribution is 2.19. The van der Waals surface area contributed by atoms with Crippen LogP contribution in [0.15, 0.2) is 29.7 Å². The minimum absolute atomic E-state index is 0.133. The molecule has 88 valence electrons. The van der Waals surface area contributed by atoms with Crippen molar-refractivity contribution in [3.8, 4) is 0 Å². The molecule has 0 spiro atoms. The summed E-state index contributed by atoms with van der Waals surface area (Å²) in [5, 5.41) is 7.63. The Balaban J connectivity index is 2.24. The fourth-order valence-electron chi connectivity index (χ4n) is 1.21. The molecular weight excluding hydrogens is 220 g/mol. The van der Waals surface area contributed by atoms with Gasteiger partial charge in [-0.25, -0.2) is 4.79 Å². The zero-order valence-corrected chi connectivity index (χ0v) is 10.6. The van der Waals surface area contributed by atoms with Gasteiger partial charge < -0.3 is 10.6 Å². The number of hydrogen-bond acceptors (Lipinski definition) is 2. The molecule has 0 aliphatic rings. The lowest BCUT2D eigenvalue weighted by Crippen LogP contribution is -2.37. The maximum Gasteiger partial charge on any atom is 0.315 e. The molecule has 16 heavy (non-hydrogen) atoms. The van der Waals surface area contributed by atoms with Gasteiger partial charge >= 0.3 is 6.03 Å². The van der Waals surface area contributed by atoms with Gasteiger partial charge in [0.2, 0.25) is 0 Å². The number of carbonyl (C=O) groups excluding carboxylic acids is 1. The molecule has 0 saturated heterocycles. The van der Waals surface area contributed by atoms with E-state index in [1.165, 1.54) is 4.88 Å². The molecule has 1 atom stereocenters. The molecule has 0 fully saturated rings. The van der Waals surface area contributed by atoms with Gasteiger partial charge in [-0.15, -0.1) is 11.3 Å². The van der Waals surface area contributed by atoms with Gasteiger partial charge in [0.05, 0.1) is 0 Å². The van der Waals surface area contributed by atoms with Gasteiger partial charge in [0.15, 0.2) is 0 Å². The minimum Gasteiger partial charge on any atom is -0.338 e. The van der Waals surface area contributed by atoms with Crippen LogP contribution in [0.5, 0.6) is 0 Å². The molecule has 1 rings (SSSR count). The number of urea groups is 1. The Morgan fingerprint density at radius 1 is 1.56 bits per heavy atom. The van der Waals surface area contributed by atoms with E-state index >= 15 is 0 Å². The molecule has 3 nitrogen and oxygen atoms in total. The molecule has 0 aliphatic carbocycles. The van der Waals surface area contributed by atoms with Crippen molar-refractivity contribution in [2.24, 2.45) is 0 Å². The smallest absolute Gasteiger partial charge is 0.315 e. The van der Waals surface area contributed by atoms with Gasteiger partial charge in [0.1, 0.15) is 0 Å². The van der Waals surface area contributed by atoms with Crippen LogP contribution in [-0.2, 0) is 0 Å². The quantitative estimate of drug-likeness (QED) is 0.761. The number of amides is 2. The van der Waals surface area contributed by atoms with Crippen LogP contribution in [0.3, 0.4) is 0 Å². The molecule has 0 aliphatic heterocycles. The van der Waals surface area contributed by atoms with Crippen LogP contribution in [0.1, 0.15) is 24.6 Å². The first-order valence-electron chi connectivity index (χ1n) is 5.29. The molecule has 1 unspecified atom stereocenters. The number of carbonyl (C=O) groups is 1. The van der Waals surface area contributed by atoms with E-state index in [-0.39, 0.29) is 6.03 Å². The third-order valence-corrected chi connectivity index (χ3v) is 3.25. The predicted molar refractivity (Wildman–Crippen MR) is 68.9 cm³/mol. The van der Waals surface area contributed by atoms with Crippen molar-refractivity contribution in [3.05, 3.63) is 34.5 Å². The van der Waals surface area contributed by atoms with Crippen molar-refractivity contribution in [1.29, 1.82) is 0 Å². The van der Waals surface area contributed by atoms with Crippen LogP contribution in [0.25, 0.3) is 0 Å². The molecular formula is C12H18N2OS. The van der Waals surface area contributed by atoms with Crippen LogP contribution in [-0.4, -0.2) is 19.1 Å². The largest absolute Gasteiger partial charge is 0.338 e. The summed E-state index contributed by atoms with van der Waals surface area (Å²) in [4.78, 5) is 12.7. The average Bonchev–Trinajstić information content (AvgIpc) is 2.76.